The minimum atomic E-state index is -0.618. The van der Waals surface area contributed by atoms with E-state index in [-0.39, 0.29) is 18.4 Å². The van der Waals surface area contributed by atoms with E-state index in [2.05, 4.69) is 21.2 Å². The molecule has 1 N–H and O–H groups in total. The molecule has 3 rings (SSSR count). The van der Waals surface area contributed by atoms with Gasteiger partial charge < -0.3 is 15.0 Å². The number of nitrogens with zero attached hydrogens (tertiary/aromatic N) is 1. The first-order valence-electron chi connectivity index (χ1n) is 9.77. The van der Waals surface area contributed by atoms with Crippen molar-refractivity contribution in [1.82, 2.24) is 10.2 Å². The molecule has 0 unspecified atom stereocenters. The van der Waals surface area contributed by atoms with Crippen molar-refractivity contribution in [3.05, 3.63) is 76.3 Å². The molecule has 0 heterocycles. The summed E-state index contributed by atoms with van der Waals surface area (Å²) >= 11 is 3.58. The molecule has 1 atom stereocenters. The van der Waals surface area contributed by atoms with Crippen LogP contribution in [0.1, 0.15) is 18.1 Å². The number of aryl methyl sites for hydroxylation is 1. The average Bonchev–Trinajstić information content (AvgIpc) is 2.77. The van der Waals surface area contributed by atoms with Gasteiger partial charge in [-0.1, -0.05) is 60.2 Å². The van der Waals surface area contributed by atoms with Gasteiger partial charge in [0, 0.05) is 13.6 Å². The lowest BCUT2D eigenvalue weighted by atomic mass is 10.1. The Kier molecular flexibility index (Phi) is 7.11. The number of halogens is 1. The van der Waals surface area contributed by atoms with Crippen LogP contribution in [0.2, 0.25) is 0 Å². The second-order valence-corrected chi connectivity index (χ2v) is 7.98. The van der Waals surface area contributed by atoms with Crippen LogP contribution in [0.25, 0.3) is 10.8 Å². The molecule has 0 saturated heterocycles. The number of ether oxygens (including phenoxy) is 1. The molecule has 0 radical (unpaired) electrons. The number of nitrogens with one attached hydrogen (secondary N) is 1. The number of carbonyl (C=O) groups excluding carboxylic acids is 2. The monoisotopic (exact) mass is 468 g/mol. The minimum absolute atomic E-state index is 0.163. The SMILES string of the molecule is CNC(=O)[C@H](C)N(Cc1ccc(C)cc1)C(=O)COc1ccc2ccccc2c1Br. The van der Waals surface area contributed by atoms with E-state index in [4.69, 9.17) is 4.74 Å². The molecule has 0 spiro atoms. The van der Waals surface area contributed by atoms with Crippen LogP contribution in [0.3, 0.4) is 0 Å². The highest BCUT2D eigenvalue weighted by atomic mass is 79.9. The summed E-state index contributed by atoms with van der Waals surface area (Å²) < 4.78 is 6.64. The van der Waals surface area contributed by atoms with Gasteiger partial charge in [0.15, 0.2) is 6.61 Å². The topological polar surface area (TPSA) is 58.6 Å². The molecule has 5 nitrogen and oxygen atoms in total. The molecular formula is C24H25BrN2O3. The van der Waals surface area contributed by atoms with Crippen molar-refractivity contribution in [3.63, 3.8) is 0 Å². The molecule has 3 aromatic rings. The fourth-order valence-electron chi connectivity index (χ4n) is 3.23. The lowest BCUT2D eigenvalue weighted by Gasteiger charge is -2.28. The predicted octanol–water partition coefficient (Wildman–Crippen LogP) is 4.45. The number of carbonyl (C=O) groups is 2. The molecule has 0 aliphatic carbocycles. The van der Waals surface area contributed by atoms with Crippen LogP contribution < -0.4 is 10.1 Å². The van der Waals surface area contributed by atoms with Crippen molar-refractivity contribution in [2.45, 2.75) is 26.4 Å². The molecule has 6 heteroatoms. The lowest BCUT2D eigenvalue weighted by Crippen LogP contribution is -2.48. The third-order valence-electron chi connectivity index (χ3n) is 5.07. The van der Waals surface area contributed by atoms with E-state index >= 15 is 0 Å². The van der Waals surface area contributed by atoms with E-state index in [9.17, 15) is 9.59 Å². The maximum atomic E-state index is 13.0. The zero-order valence-electron chi connectivity index (χ0n) is 17.3. The van der Waals surface area contributed by atoms with Crippen LogP contribution in [0.15, 0.2) is 65.1 Å². The molecule has 2 amide bonds. The van der Waals surface area contributed by atoms with Crippen molar-refractivity contribution in [2.24, 2.45) is 0 Å². The number of benzene rings is 3. The largest absolute Gasteiger partial charge is 0.483 e. The third-order valence-corrected chi connectivity index (χ3v) is 5.88. The summed E-state index contributed by atoms with van der Waals surface area (Å²) in [5.41, 5.74) is 2.09. The standard InChI is InChI=1S/C24H25BrN2O3/c1-16-8-10-18(11-9-16)14-27(17(2)24(29)26-3)22(28)15-30-21-13-12-19-6-4-5-7-20(19)23(21)25/h4-13,17H,14-15H2,1-3H3,(H,26,29)/t17-/m0/s1. The number of rotatable bonds is 7. The van der Waals surface area contributed by atoms with Gasteiger partial charge in [0.25, 0.3) is 5.91 Å². The van der Waals surface area contributed by atoms with Crippen LogP contribution in [-0.2, 0) is 16.1 Å². The Hall–Kier alpha value is -2.86. The normalized spacial score (nSPS) is 11.7. The average molecular weight is 469 g/mol. The van der Waals surface area contributed by atoms with Gasteiger partial charge in [-0.3, -0.25) is 9.59 Å². The third kappa shape index (κ3) is 5.00. The maximum Gasteiger partial charge on any atom is 0.261 e. The summed E-state index contributed by atoms with van der Waals surface area (Å²) in [7, 11) is 1.57. The first-order chi connectivity index (χ1) is 14.4. The molecule has 0 aliphatic rings. The molecule has 0 fully saturated rings. The van der Waals surface area contributed by atoms with Crippen LogP contribution >= 0.6 is 15.9 Å². The summed E-state index contributed by atoms with van der Waals surface area (Å²) in [6.07, 6.45) is 0. The van der Waals surface area contributed by atoms with E-state index in [1.165, 1.54) is 0 Å². The van der Waals surface area contributed by atoms with Crippen molar-refractivity contribution in [1.29, 1.82) is 0 Å². The van der Waals surface area contributed by atoms with Gasteiger partial charge in [0.05, 0.1) is 4.47 Å². The predicted molar refractivity (Wildman–Crippen MR) is 122 cm³/mol. The molecule has 30 heavy (non-hydrogen) atoms. The zero-order valence-corrected chi connectivity index (χ0v) is 18.9. The second kappa shape index (κ2) is 9.76. The molecule has 0 aromatic heterocycles. The number of amides is 2. The molecule has 0 bridgehead atoms. The Balaban J connectivity index is 1.78. The summed E-state index contributed by atoms with van der Waals surface area (Å²) in [6.45, 7) is 3.89. The van der Waals surface area contributed by atoms with Crippen molar-refractivity contribution in [3.8, 4) is 5.75 Å². The van der Waals surface area contributed by atoms with E-state index in [1.807, 2.05) is 67.6 Å². The second-order valence-electron chi connectivity index (χ2n) is 7.18. The van der Waals surface area contributed by atoms with E-state index in [0.717, 1.165) is 26.4 Å². The van der Waals surface area contributed by atoms with E-state index in [1.54, 1.807) is 18.9 Å². The highest BCUT2D eigenvalue weighted by Gasteiger charge is 2.26. The highest BCUT2D eigenvalue weighted by Crippen LogP contribution is 2.33. The number of hydrogen-bond donors (Lipinski definition) is 1. The zero-order chi connectivity index (χ0) is 21.7. The summed E-state index contributed by atoms with van der Waals surface area (Å²) in [4.78, 5) is 26.8. The Morgan fingerprint density at radius 3 is 2.47 bits per heavy atom. The highest BCUT2D eigenvalue weighted by molar-refractivity contribution is 9.10. The summed E-state index contributed by atoms with van der Waals surface area (Å²) in [5.74, 6) is 0.110. The fourth-order valence-corrected chi connectivity index (χ4v) is 3.84. The lowest BCUT2D eigenvalue weighted by molar-refractivity contribution is -0.142. The van der Waals surface area contributed by atoms with Crippen LogP contribution in [0.4, 0.5) is 0 Å². The first kappa shape index (κ1) is 21.8. The maximum absolute atomic E-state index is 13.0. The van der Waals surface area contributed by atoms with Crippen molar-refractivity contribution in [2.75, 3.05) is 13.7 Å². The molecule has 3 aromatic carbocycles. The van der Waals surface area contributed by atoms with E-state index in [0.29, 0.717) is 12.3 Å². The van der Waals surface area contributed by atoms with Gasteiger partial charge in [0.2, 0.25) is 5.91 Å². The van der Waals surface area contributed by atoms with Crippen LogP contribution in [0, 0.1) is 6.92 Å². The van der Waals surface area contributed by atoms with Gasteiger partial charge in [-0.05, 0) is 52.2 Å². The molecule has 0 aliphatic heterocycles. The Bertz CT molecular complexity index is 1050. The Morgan fingerprint density at radius 1 is 1.07 bits per heavy atom. The van der Waals surface area contributed by atoms with Crippen molar-refractivity contribution < 1.29 is 14.3 Å². The number of fused-ring (bicyclic) bond motifs is 1. The summed E-state index contributed by atoms with van der Waals surface area (Å²) in [6, 6.07) is 19.0. The Morgan fingerprint density at radius 2 is 1.77 bits per heavy atom. The van der Waals surface area contributed by atoms with Crippen LogP contribution in [-0.4, -0.2) is 36.4 Å². The number of hydrogen-bond acceptors (Lipinski definition) is 3. The Labute approximate surface area is 185 Å². The molecule has 0 saturated carbocycles. The van der Waals surface area contributed by atoms with Gasteiger partial charge in [-0.25, -0.2) is 0 Å². The van der Waals surface area contributed by atoms with Gasteiger partial charge in [-0.15, -0.1) is 0 Å². The summed E-state index contributed by atoms with van der Waals surface area (Å²) in [5, 5.41) is 4.71. The quantitative estimate of drug-likeness (QED) is 0.556. The number of likely N-dealkylation sites (N-methyl/N-ethyl adjacent to an activating group) is 1. The van der Waals surface area contributed by atoms with E-state index < -0.39 is 6.04 Å². The van der Waals surface area contributed by atoms with Gasteiger partial charge >= 0.3 is 0 Å². The fraction of sp³-hybridized carbons (Fsp3) is 0.250. The first-order valence-corrected chi connectivity index (χ1v) is 10.6. The molecule has 156 valence electrons. The van der Waals surface area contributed by atoms with Crippen molar-refractivity contribution >= 4 is 38.5 Å². The van der Waals surface area contributed by atoms with Crippen LogP contribution in [0.5, 0.6) is 5.75 Å². The smallest absolute Gasteiger partial charge is 0.261 e. The minimum Gasteiger partial charge on any atom is -0.483 e. The van der Waals surface area contributed by atoms with Gasteiger partial charge in [-0.2, -0.15) is 0 Å². The molecular weight excluding hydrogens is 444 g/mol. The van der Waals surface area contributed by atoms with Gasteiger partial charge in [0.1, 0.15) is 11.8 Å².